The molecule has 2 aromatic carbocycles. The van der Waals surface area contributed by atoms with Crippen molar-refractivity contribution in [1.82, 2.24) is 10.6 Å². The van der Waals surface area contributed by atoms with Crippen LogP contribution in [0.15, 0.2) is 48.5 Å². The molecule has 0 fully saturated rings. The Kier molecular flexibility index (Phi) is 5.78. The maximum Gasteiger partial charge on any atom is 0.314 e. The lowest BCUT2D eigenvalue weighted by Crippen LogP contribution is -2.46. The van der Waals surface area contributed by atoms with E-state index in [-0.39, 0.29) is 12.6 Å². The fourth-order valence-electron chi connectivity index (χ4n) is 3.50. The van der Waals surface area contributed by atoms with Gasteiger partial charge in [-0.05, 0) is 54.5 Å². The molecule has 1 unspecified atom stereocenters. The zero-order valence-corrected chi connectivity index (χ0v) is 15.1. The van der Waals surface area contributed by atoms with E-state index in [2.05, 4.69) is 10.6 Å². The number of aliphatic hydroxyl groups is 1. The van der Waals surface area contributed by atoms with Gasteiger partial charge in [-0.15, -0.1) is 0 Å². The summed E-state index contributed by atoms with van der Waals surface area (Å²) in [6.07, 6.45) is 3.21. The zero-order chi connectivity index (χ0) is 18.4. The third kappa shape index (κ3) is 4.35. The van der Waals surface area contributed by atoms with Crippen LogP contribution in [0.3, 0.4) is 0 Å². The maximum atomic E-state index is 12.1. The van der Waals surface area contributed by atoms with E-state index in [1.54, 1.807) is 7.11 Å². The van der Waals surface area contributed by atoms with E-state index in [4.69, 9.17) is 4.74 Å². The van der Waals surface area contributed by atoms with E-state index in [9.17, 15) is 9.90 Å². The lowest BCUT2D eigenvalue weighted by atomic mass is 9.79. The van der Waals surface area contributed by atoms with Crippen LogP contribution in [0.5, 0.6) is 5.75 Å². The molecule has 138 valence electrons. The van der Waals surface area contributed by atoms with Gasteiger partial charge in [0.1, 0.15) is 11.4 Å². The number of amides is 2. The highest BCUT2D eigenvalue weighted by Gasteiger charge is 2.34. The number of hydrogen-bond acceptors (Lipinski definition) is 3. The van der Waals surface area contributed by atoms with Gasteiger partial charge in [-0.2, -0.15) is 0 Å². The quantitative estimate of drug-likeness (QED) is 0.747. The second-order valence-corrected chi connectivity index (χ2v) is 6.75. The average molecular weight is 354 g/mol. The minimum atomic E-state index is -1.03. The summed E-state index contributed by atoms with van der Waals surface area (Å²) in [7, 11) is 1.64. The van der Waals surface area contributed by atoms with Gasteiger partial charge in [0.25, 0.3) is 0 Å². The molecule has 26 heavy (non-hydrogen) atoms. The molecule has 5 heteroatoms. The summed E-state index contributed by atoms with van der Waals surface area (Å²) in [5.74, 6) is 0.791. The summed E-state index contributed by atoms with van der Waals surface area (Å²) in [4.78, 5) is 12.1. The minimum Gasteiger partial charge on any atom is -0.497 e. The van der Waals surface area contributed by atoms with Gasteiger partial charge in [0.15, 0.2) is 0 Å². The Hall–Kier alpha value is -2.53. The van der Waals surface area contributed by atoms with Crippen LogP contribution in [-0.4, -0.2) is 31.3 Å². The largest absolute Gasteiger partial charge is 0.497 e. The molecule has 2 aromatic rings. The molecule has 0 saturated heterocycles. The normalized spacial score (nSPS) is 18.7. The highest BCUT2D eigenvalue weighted by atomic mass is 16.5. The van der Waals surface area contributed by atoms with E-state index in [1.807, 2.05) is 48.5 Å². The summed E-state index contributed by atoms with van der Waals surface area (Å²) in [6.45, 7) is 0.756. The highest BCUT2D eigenvalue weighted by molar-refractivity contribution is 5.74. The molecule has 0 bridgehead atoms. The summed E-state index contributed by atoms with van der Waals surface area (Å²) < 4.78 is 5.27. The van der Waals surface area contributed by atoms with Crippen LogP contribution < -0.4 is 15.4 Å². The Morgan fingerprint density at radius 2 is 2.00 bits per heavy atom. The number of hydrogen-bond donors (Lipinski definition) is 3. The Balaban J connectivity index is 1.53. The molecule has 0 aromatic heterocycles. The molecule has 1 aliphatic rings. The Bertz CT molecular complexity index is 748. The molecule has 0 radical (unpaired) electrons. The van der Waals surface area contributed by atoms with Gasteiger partial charge >= 0.3 is 6.03 Å². The molecule has 0 aliphatic heterocycles. The van der Waals surface area contributed by atoms with E-state index in [0.717, 1.165) is 36.1 Å². The second-order valence-electron chi connectivity index (χ2n) is 6.75. The number of rotatable bonds is 6. The smallest absolute Gasteiger partial charge is 0.314 e. The molecule has 0 spiro atoms. The minimum absolute atomic E-state index is 0.198. The van der Waals surface area contributed by atoms with Crippen LogP contribution >= 0.6 is 0 Å². The summed E-state index contributed by atoms with van der Waals surface area (Å²) in [6, 6.07) is 15.5. The highest BCUT2D eigenvalue weighted by Crippen LogP contribution is 2.36. The van der Waals surface area contributed by atoms with Crippen molar-refractivity contribution in [3.05, 3.63) is 65.2 Å². The monoisotopic (exact) mass is 354 g/mol. The standard InChI is InChI=1S/C21H26N2O3/c1-26-18-9-10-19-17(14-18)8-5-12-21(19,25)15-23-20(24)22-13-11-16-6-3-2-4-7-16/h2-4,6-7,9-10,14,25H,5,8,11-13,15H2,1H3,(H2,22,23,24). The van der Waals surface area contributed by atoms with Crippen molar-refractivity contribution in [3.63, 3.8) is 0 Å². The van der Waals surface area contributed by atoms with Crippen molar-refractivity contribution >= 4 is 6.03 Å². The lowest BCUT2D eigenvalue weighted by molar-refractivity contribution is 0.0216. The summed E-state index contributed by atoms with van der Waals surface area (Å²) in [5, 5.41) is 16.7. The van der Waals surface area contributed by atoms with E-state index in [0.29, 0.717) is 13.0 Å². The van der Waals surface area contributed by atoms with E-state index < -0.39 is 5.60 Å². The van der Waals surface area contributed by atoms with Crippen LogP contribution in [0.2, 0.25) is 0 Å². The third-order valence-corrected chi connectivity index (χ3v) is 4.93. The van der Waals surface area contributed by atoms with Crippen LogP contribution in [0.1, 0.15) is 29.5 Å². The van der Waals surface area contributed by atoms with Gasteiger partial charge in [-0.25, -0.2) is 4.79 Å². The van der Waals surface area contributed by atoms with Gasteiger partial charge < -0.3 is 20.5 Å². The number of fused-ring (bicyclic) bond motifs is 1. The van der Waals surface area contributed by atoms with Crippen LogP contribution in [0.25, 0.3) is 0 Å². The number of carbonyl (C=O) groups is 1. The molecular weight excluding hydrogens is 328 g/mol. The Labute approximate surface area is 154 Å². The fraction of sp³-hybridized carbons (Fsp3) is 0.381. The molecule has 0 saturated carbocycles. The van der Waals surface area contributed by atoms with Crippen molar-refractivity contribution in [2.45, 2.75) is 31.3 Å². The number of nitrogens with one attached hydrogen (secondary N) is 2. The molecule has 1 aliphatic carbocycles. The predicted molar refractivity (Wildman–Crippen MR) is 101 cm³/mol. The van der Waals surface area contributed by atoms with E-state index >= 15 is 0 Å². The molecule has 3 N–H and O–H groups in total. The van der Waals surface area contributed by atoms with Crippen molar-refractivity contribution in [2.75, 3.05) is 20.2 Å². The first kappa shape index (κ1) is 18.3. The first-order chi connectivity index (χ1) is 12.6. The molecule has 1 atom stereocenters. The Morgan fingerprint density at radius 1 is 1.19 bits per heavy atom. The van der Waals surface area contributed by atoms with Gasteiger partial charge in [0, 0.05) is 6.54 Å². The van der Waals surface area contributed by atoms with Crippen LogP contribution in [-0.2, 0) is 18.4 Å². The van der Waals surface area contributed by atoms with Gasteiger partial charge in [0.2, 0.25) is 0 Å². The van der Waals surface area contributed by atoms with Gasteiger partial charge in [0.05, 0.1) is 13.7 Å². The summed E-state index contributed by atoms with van der Waals surface area (Å²) in [5.41, 5.74) is 2.12. The number of urea groups is 1. The number of carbonyl (C=O) groups excluding carboxylic acids is 1. The van der Waals surface area contributed by atoms with Gasteiger partial charge in [-0.1, -0.05) is 36.4 Å². The van der Waals surface area contributed by atoms with Crippen molar-refractivity contribution in [1.29, 1.82) is 0 Å². The van der Waals surface area contributed by atoms with Crippen LogP contribution in [0, 0.1) is 0 Å². The summed E-state index contributed by atoms with van der Waals surface area (Å²) >= 11 is 0. The Morgan fingerprint density at radius 3 is 2.77 bits per heavy atom. The fourth-order valence-corrected chi connectivity index (χ4v) is 3.50. The maximum absolute atomic E-state index is 12.1. The molecule has 0 heterocycles. The van der Waals surface area contributed by atoms with Crippen molar-refractivity contribution in [3.8, 4) is 5.75 Å². The predicted octanol–water partition coefficient (Wildman–Crippen LogP) is 2.76. The third-order valence-electron chi connectivity index (χ3n) is 4.93. The topological polar surface area (TPSA) is 70.6 Å². The van der Waals surface area contributed by atoms with E-state index in [1.165, 1.54) is 5.56 Å². The lowest BCUT2D eigenvalue weighted by Gasteiger charge is -2.34. The molecular formula is C21H26N2O3. The van der Waals surface area contributed by atoms with Crippen molar-refractivity contribution < 1.29 is 14.6 Å². The molecule has 2 amide bonds. The number of ether oxygens (including phenoxy) is 1. The first-order valence-corrected chi connectivity index (χ1v) is 9.06. The first-order valence-electron chi connectivity index (χ1n) is 9.06. The second kappa shape index (κ2) is 8.23. The average Bonchev–Trinajstić information content (AvgIpc) is 2.67. The SMILES string of the molecule is COc1ccc2c(c1)CCCC2(O)CNC(=O)NCCc1ccccc1. The van der Waals surface area contributed by atoms with Crippen LogP contribution in [0.4, 0.5) is 4.79 Å². The number of methoxy groups -OCH3 is 1. The molecule has 3 rings (SSSR count). The number of benzene rings is 2. The zero-order valence-electron chi connectivity index (χ0n) is 15.1. The number of aryl methyl sites for hydroxylation is 1. The van der Waals surface area contributed by atoms with Crippen molar-refractivity contribution in [2.24, 2.45) is 0 Å². The van der Waals surface area contributed by atoms with Gasteiger partial charge in [-0.3, -0.25) is 0 Å². The molecule has 5 nitrogen and oxygen atoms in total.